The Hall–Kier alpha value is -1.52. The molecule has 0 radical (unpaired) electrons. The van der Waals surface area contributed by atoms with Crippen LogP contribution in [-0.4, -0.2) is 33.0 Å². The third-order valence-electron chi connectivity index (χ3n) is 3.28. The smallest absolute Gasteiger partial charge is 0.161 e. The van der Waals surface area contributed by atoms with E-state index in [-0.39, 0.29) is 0 Å². The molecule has 0 atom stereocenters. The molecule has 4 nitrogen and oxygen atoms in total. The van der Waals surface area contributed by atoms with Gasteiger partial charge < -0.3 is 19.5 Å². The summed E-state index contributed by atoms with van der Waals surface area (Å²) in [6.45, 7) is 12.4. The molecule has 130 valence electrons. The molecule has 0 saturated carbocycles. The van der Waals surface area contributed by atoms with Gasteiger partial charge in [0.1, 0.15) is 6.61 Å². The quantitative estimate of drug-likeness (QED) is 0.416. The van der Waals surface area contributed by atoms with Crippen molar-refractivity contribution in [3.8, 4) is 11.5 Å². The van der Waals surface area contributed by atoms with Gasteiger partial charge in [-0.15, -0.1) is 0 Å². The second kappa shape index (κ2) is 13.0. The van der Waals surface area contributed by atoms with Gasteiger partial charge in [-0.25, -0.2) is 0 Å². The van der Waals surface area contributed by atoms with Crippen LogP contribution in [0.5, 0.6) is 11.5 Å². The van der Waals surface area contributed by atoms with Gasteiger partial charge >= 0.3 is 0 Å². The van der Waals surface area contributed by atoms with E-state index < -0.39 is 0 Å². The van der Waals surface area contributed by atoms with Crippen molar-refractivity contribution in [3.05, 3.63) is 36.4 Å². The van der Waals surface area contributed by atoms with Crippen LogP contribution in [-0.2, 0) is 11.3 Å². The van der Waals surface area contributed by atoms with Crippen molar-refractivity contribution in [2.45, 2.75) is 39.7 Å². The molecule has 23 heavy (non-hydrogen) atoms. The fourth-order valence-electron chi connectivity index (χ4n) is 2.08. The average Bonchev–Trinajstić information content (AvgIpc) is 2.57. The van der Waals surface area contributed by atoms with Crippen molar-refractivity contribution in [3.63, 3.8) is 0 Å². The summed E-state index contributed by atoms with van der Waals surface area (Å²) in [7, 11) is 0. The maximum Gasteiger partial charge on any atom is 0.161 e. The van der Waals surface area contributed by atoms with E-state index in [0.29, 0.717) is 13.2 Å². The summed E-state index contributed by atoms with van der Waals surface area (Å²) in [5.74, 6) is 1.55. The number of benzene rings is 1. The van der Waals surface area contributed by atoms with Crippen LogP contribution in [0.1, 0.15) is 38.7 Å². The summed E-state index contributed by atoms with van der Waals surface area (Å²) < 4.78 is 16.8. The van der Waals surface area contributed by atoms with Gasteiger partial charge in [0, 0.05) is 19.8 Å². The molecule has 0 unspecified atom stereocenters. The SMILES string of the molecule is C=CCOc1ccc(CNCCCOCCCC)cc1OCC. The van der Waals surface area contributed by atoms with E-state index in [4.69, 9.17) is 14.2 Å². The number of unbranched alkanes of at least 4 members (excludes halogenated alkanes) is 1. The third kappa shape index (κ3) is 8.62. The van der Waals surface area contributed by atoms with Crippen LogP contribution >= 0.6 is 0 Å². The zero-order valence-electron chi connectivity index (χ0n) is 14.6. The molecule has 0 aliphatic carbocycles. The number of ether oxygens (including phenoxy) is 3. The highest BCUT2D eigenvalue weighted by Crippen LogP contribution is 2.28. The summed E-state index contributed by atoms with van der Waals surface area (Å²) in [4.78, 5) is 0. The monoisotopic (exact) mass is 321 g/mol. The lowest BCUT2D eigenvalue weighted by molar-refractivity contribution is 0.129. The van der Waals surface area contributed by atoms with Gasteiger partial charge in [-0.3, -0.25) is 0 Å². The molecule has 0 bridgehead atoms. The minimum atomic E-state index is 0.482. The largest absolute Gasteiger partial charge is 0.490 e. The molecule has 0 fully saturated rings. The predicted molar refractivity (Wildman–Crippen MR) is 95.4 cm³/mol. The fraction of sp³-hybridized carbons (Fsp3) is 0.579. The standard InChI is InChI=1S/C19H31NO3/c1-4-7-13-21-14-8-11-20-16-17-9-10-18(23-12-5-2)19(15-17)22-6-3/h5,9-10,15,20H,2,4,6-8,11-14,16H2,1,3H3. The molecule has 0 aliphatic rings. The van der Waals surface area contributed by atoms with Gasteiger partial charge in [0.2, 0.25) is 0 Å². The number of hydrogen-bond acceptors (Lipinski definition) is 4. The van der Waals surface area contributed by atoms with Crippen molar-refractivity contribution in [2.75, 3.05) is 33.0 Å². The first-order valence-corrected chi connectivity index (χ1v) is 8.59. The Morgan fingerprint density at radius 3 is 2.65 bits per heavy atom. The zero-order chi connectivity index (χ0) is 16.8. The van der Waals surface area contributed by atoms with Gasteiger partial charge in [-0.1, -0.05) is 32.1 Å². The first-order chi connectivity index (χ1) is 11.3. The lowest BCUT2D eigenvalue weighted by atomic mass is 10.2. The second-order valence-electron chi connectivity index (χ2n) is 5.31. The van der Waals surface area contributed by atoms with Crippen molar-refractivity contribution < 1.29 is 14.2 Å². The van der Waals surface area contributed by atoms with E-state index in [1.54, 1.807) is 6.08 Å². The molecule has 1 aromatic rings. The van der Waals surface area contributed by atoms with Crippen molar-refractivity contribution in [2.24, 2.45) is 0 Å². The third-order valence-corrected chi connectivity index (χ3v) is 3.28. The van der Waals surface area contributed by atoms with E-state index in [1.165, 1.54) is 12.0 Å². The molecule has 0 saturated heterocycles. The normalized spacial score (nSPS) is 10.5. The Kier molecular flexibility index (Phi) is 11.0. The van der Waals surface area contributed by atoms with Gasteiger partial charge in [0.25, 0.3) is 0 Å². The van der Waals surface area contributed by atoms with Crippen LogP contribution in [0.15, 0.2) is 30.9 Å². The van der Waals surface area contributed by atoms with Gasteiger partial charge in [0.15, 0.2) is 11.5 Å². The summed E-state index contributed by atoms with van der Waals surface area (Å²) in [5, 5.41) is 3.43. The first kappa shape index (κ1) is 19.5. The Balaban J connectivity index is 2.33. The molecule has 0 amide bonds. The molecule has 1 aromatic carbocycles. The molecule has 0 aromatic heterocycles. The topological polar surface area (TPSA) is 39.7 Å². The maximum atomic E-state index is 5.65. The predicted octanol–water partition coefficient (Wildman–Crippen LogP) is 3.95. The summed E-state index contributed by atoms with van der Waals surface area (Å²) >= 11 is 0. The van der Waals surface area contributed by atoms with Crippen molar-refractivity contribution in [1.29, 1.82) is 0 Å². The van der Waals surface area contributed by atoms with E-state index >= 15 is 0 Å². The number of nitrogens with one attached hydrogen (secondary N) is 1. The van der Waals surface area contributed by atoms with Crippen LogP contribution in [0.2, 0.25) is 0 Å². The molecular weight excluding hydrogens is 290 g/mol. The molecule has 0 spiro atoms. The van der Waals surface area contributed by atoms with Gasteiger partial charge in [-0.05, 0) is 44.0 Å². The molecule has 0 aliphatic heterocycles. The van der Waals surface area contributed by atoms with E-state index in [0.717, 1.165) is 50.6 Å². The Morgan fingerprint density at radius 2 is 1.91 bits per heavy atom. The Morgan fingerprint density at radius 1 is 1.09 bits per heavy atom. The number of hydrogen-bond donors (Lipinski definition) is 1. The molecule has 1 N–H and O–H groups in total. The molecule has 1 rings (SSSR count). The summed E-state index contributed by atoms with van der Waals surface area (Å²) in [5.41, 5.74) is 1.19. The summed E-state index contributed by atoms with van der Waals surface area (Å²) in [6, 6.07) is 6.05. The zero-order valence-corrected chi connectivity index (χ0v) is 14.6. The van der Waals surface area contributed by atoms with Crippen LogP contribution < -0.4 is 14.8 Å². The van der Waals surface area contributed by atoms with Gasteiger partial charge in [-0.2, -0.15) is 0 Å². The highest BCUT2D eigenvalue weighted by Gasteiger charge is 2.06. The van der Waals surface area contributed by atoms with Crippen LogP contribution in [0.3, 0.4) is 0 Å². The van der Waals surface area contributed by atoms with E-state index in [1.807, 2.05) is 19.1 Å². The Bertz CT molecular complexity index is 435. The second-order valence-corrected chi connectivity index (χ2v) is 5.31. The van der Waals surface area contributed by atoms with E-state index in [2.05, 4.69) is 24.9 Å². The van der Waals surface area contributed by atoms with Crippen molar-refractivity contribution >= 4 is 0 Å². The Labute approximate surface area is 140 Å². The maximum absolute atomic E-state index is 5.65. The van der Waals surface area contributed by atoms with E-state index in [9.17, 15) is 0 Å². The summed E-state index contributed by atoms with van der Waals surface area (Å²) in [6.07, 6.45) is 5.09. The molecule has 4 heteroatoms. The lowest BCUT2D eigenvalue weighted by Gasteiger charge is -2.13. The first-order valence-electron chi connectivity index (χ1n) is 8.59. The highest BCUT2D eigenvalue weighted by atomic mass is 16.5. The minimum absolute atomic E-state index is 0.482. The van der Waals surface area contributed by atoms with Gasteiger partial charge in [0.05, 0.1) is 6.61 Å². The highest BCUT2D eigenvalue weighted by molar-refractivity contribution is 5.43. The van der Waals surface area contributed by atoms with Crippen LogP contribution in [0.4, 0.5) is 0 Å². The van der Waals surface area contributed by atoms with Crippen molar-refractivity contribution in [1.82, 2.24) is 5.32 Å². The fourth-order valence-corrected chi connectivity index (χ4v) is 2.08. The molecular formula is C19H31NO3. The van der Waals surface area contributed by atoms with Crippen LogP contribution in [0.25, 0.3) is 0 Å². The minimum Gasteiger partial charge on any atom is -0.490 e. The average molecular weight is 321 g/mol. The molecule has 0 heterocycles. The number of rotatable bonds is 14. The lowest BCUT2D eigenvalue weighted by Crippen LogP contribution is -2.16. The van der Waals surface area contributed by atoms with Crippen LogP contribution in [0, 0.1) is 0 Å².